The van der Waals surface area contributed by atoms with Crippen molar-refractivity contribution in [2.45, 2.75) is 20.3 Å². The summed E-state index contributed by atoms with van der Waals surface area (Å²) in [6, 6.07) is 12.0. The van der Waals surface area contributed by atoms with Crippen LogP contribution in [-0.2, 0) is 6.42 Å². The van der Waals surface area contributed by atoms with Gasteiger partial charge in [0.25, 0.3) is 0 Å². The molecule has 0 aliphatic heterocycles. The monoisotopic (exact) mass is 418 g/mol. The van der Waals surface area contributed by atoms with Crippen LogP contribution in [0.3, 0.4) is 0 Å². The highest BCUT2D eigenvalue weighted by Gasteiger charge is 2.05. The second kappa shape index (κ2) is 10.7. The Hall–Kier alpha value is -2.58. The molecule has 6 nitrogen and oxygen atoms in total. The van der Waals surface area contributed by atoms with Gasteiger partial charge >= 0.3 is 0 Å². The summed E-state index contributed by atoms with van der Waals surface area (Å²) in [7, 11) is 3.25. The van der Waals surface area contributed by atoms with Crippen molar-refractivity contribution in [3.8, 4) is 11.5 Å². The summed E-state index contributed by atoms with van der Waals surface area (Å²) >= 11 is 10.6. The largest absolute Gasteiger partial charge is 0.493 e. The van der Waals surface area contributed by atoms with E-state index in [1.165, 1.54) is 5.56 Å². The zero-order chi connectivity index (χ0) is 20.5. The molecule has 0 radical (unpaired) electrons. The normalized spacial score (nSPS) is 10.0. The molecule has 0 unspecified atom stereocenters. The maximum Gasteiger partial charge on any atom is 0.189 e. The topological polar surface area (TPSA) is 66.6 Å². The van der Waals surface area contributed by atoms with Gasteiger partial charge in [-0.15, -0.1) is 0 Å². The zero-order valence-corrected chi connectivity index (χ0v) is 18.1. The van der Waals surface area contributed by atoms with Gasteiger partial charge < -0.3 is 20.1 Å². The third-order valence-corrected chi connectivity index (χ3v) is 4.52. The number of methoxy groups -OCH3 is 2. The number of anilines is 1. The van der Waals surface area contributed by atoms with Crippen LogP contribution in [0.5, 0.6) is 11.5 Å². The Labute approximate surface area is 177 Å². The molecule has 0 saturated heterocycles. The van der Waals surface area contributed by atoms with Gasteiger partial charge in [-0.1, -0.05) is 23.8 Å². The van der Waals surface area contributed by atoms with Crippen molar-refractivity contribution < 1.29 is 9.47 Å². The molecule has 0 aromatic heterocycles. The van der Waals surface area contributed by atoms with Gasteiger partial charge in [0.05, 0.1) is 14.2 Å². The molecule has 0 atom stereocenters. The number of benzene rings is 2. The summed E-state index contributed by atoms with van der Waals surface area (Å²) in [4.78, 5) is 0. The summed E-state index contributed by atoms with van der Waals surface area (Å²) in [6.45, 7) is 4.76. The van der Waals surface area contributed by atoms with Gasteiger partial charge in [-0.2, -0.15) is 0 Å². The Bertz CT molecular complexity index is 843. The first-order valence-electron chi connectivity index (χ1n) is 8.82. The van der Waals surface area contributed by atoms with Crippen LogP contribution < -0.4 is 31.0 Å². The molecule has 2 aromatic rings. The van der Waals surface area contributed by atoms with Gasteiger partial charge in [0.1, 0.15) is 0 Å². The van der Waals surface area contributed by atoms with Crippen LogP contribution in [0.1, 0.15) is 16.7 Å². The van der Waals surface area contributed by atoms with Crippen molar-refractivity contribution in [1.82, 2.24) is 16.2 Å². The lowest BCUT2D eigenvalue weighted by Gasteiger charge is -2.16. The van der Waals surface area contributed by atoms with Gasteiger partial charge in [-0.3, -0.25) is 10.9 Å². The van der Waals surface area contributed by atoms with E-state index in [9.17, 15) is 0 Å². The van der Waals surface area contributed by atoms with Crippen LogP contribution >= 0.6 is 24.4 Å². The lowest BCUT2D eigenvalue weighted by atomic mass is 10.1. The molecular weight excluding hydrogens is 392 g/mol. The predicted molar refractivity (Wildman–Crippen MR) is 122 cm³/mol. The summed E-state index contributed by atoms with van der Waals surface area (Å²) < 4.78 is 10.6. The molecule has 0 aliphatic carbocycles. The van der Waals surface area contributed by atoms with E-state index in [0.29, 0.717) is 28.3 Å². The summed E-state index contributed by atoms with van der Waals surface area (Å²) in [5.74, 6) is 1.43. The molecule has 0 heterocycles. The fraction of sp³-hybridized carbons (Fsp3) is 0.300. The summed E-state index contributed by atoms with van der Waals surface area (Å²) in [6.07, 6.45) is 0.785. The summed E-state index contributed by atoms with van der Waals surface area (Å²) in [5.41, 5.74) is 10.2. The molecule has 0 amide bonds. The Balaban J connectivity index is 1.73. The van der Waals surface area contributed by atoms with Gasteiger partial charge in [-0.25, -0.2) is 0 Å². The van der Waals surface area contributed by atoms with Crippen LogP contribution in [0.15, 0.2) is 36.4 Å². The van der Waals surface area contributed by atoms with E-state index in [1.54, 1.807) is 14.2 Å². The van der Waals surface area contributed by atoms with E-state index in [2.05, 4.69) is 34.5 Å². The lowest BCUT2D eigenvalue weighted by molar-refractivity contribution is 0.354. The van der Waals surface area contributed by atoms with Crippen molar-refractivity contribution in [2.75, 3.05) is 26.1 Å². The van der Waals surface area contributed by atoms with Gasteiger partial charge in [0.15, 0.2) is 21.7 Å². The number of hydrogen-bond acceptors (Lipinski definition) is 4. The second-order valence-corrected chi connectivity index (χ2v) is 7.03. The van der Waals surface area contributed by atoms with E-state index >= 15 is 0 Å². The number of hydrazine groups is 1. The molecule has 8 heteroatoms. The predicted octanol–water partition coefficient (Wildman–Crippen LogP) is 3.23. The SMILES string of the molecule is COc1ccc(CCNC(=S)NNC(=S)Nc2ccc(C)cc2C)cc1OC. The highest BCUT2D eigenvalue weighted by Crippen LogP contribution is 2.27. The van der Waals surface area contributed by atoms with Crippen LogP contribution in [-0.4, -0.2) is 31.0 Å². The zero-order valence-electron chi connectivity index (χ0n) is 16.5. The third-order valence-electron chi connectivity index (χ3n) is 4.07. The molecule has 4 N–H and O–H groups in total. The molecule has 2 rings (SSSR count). The van der Waals surface area contributed by atoms with Crippen molar-refractivity contribution >= 4 is 40.3 Å². The summed E-state index contributed by atoms with van der Waals surface area (Å²) in [5, 5.41) is 7.18. The third kappa shape index (κ3) is 6.54. The maximum absolute atomic E-state index is 5.32. The fourth-order valence-electron chi connectivity index (χ4n) is 2.62. The average Bonchev–Trinajstić information content (AvgIpc) is 2.68. The molecule has 0 aliphatic rings. The van der Waals surface area contributed by atoms with Gasteiger partial charge in [0.2, 0.25) is 0 Å². The standard InChI is InChI=1S/C20H26N4O2S2/c1-13-5-7-16(14(2)11-13)22-20(28)24-23-19(27)21-10-9-15-6-8-17(25-3)18(12-15)26-4/h5-8,11-12H,9-10H2,1-4H3,(H2,21,23,27)(H2,22,24,28). The van der Waals surface area contributed by atoms with Gasteiger partial charge in [0, 0.05) is 12.2 Å². The van der Waals surface area contributed by atoms with Crippen molar-refractivity contribution in [3.63, 3.8) is 0 Å². The van der Waals surface area contributed by atoms with E-state index in [4.69, 9.17) is 33.9 Å². The minimum atomic E-state index is 0.441. The smallest absolute Gasteiger partial charge is 0.189 e. The Morgan fingerprint density at radius 2 is 1.61 bits per heavy atom. The van der Waals surface area contributed by atoms with Crippen molar-refractivity contribution in [2.24, 2.45) is 0 Å². The first-order chi connectivity index (χ1) is 13.4. The molecule has 0 spiro atoms. The number of ether oxygens (including phenoxy) is 2. The molecule has 150 valence electrons. The number of aryl methyl sites for hydroxylation is 2. The van der Waals surface area contributed by atoms with Crippen molar-refractivity contribution in [3.05, 3.63) is 53.1 Å². The van der Waals surface area contributed by atoms with Crippen LogP contribution in [0.25, 0.3) is 0 Å². The van der Waals surface area contributed by atoms with Gasteiger partial charge in [-0.05, 0) is 74.0 Å². The molecule has 0 bridgehead atoms. The van der Waals surface area contributed by atoms with Crippen LogP contribution in [0.2, 0.25) is 0 Å². The Morgan fingerprint density at radius 3 is 2.29 bits per heavy atom. The Kier molecular flexibility index (Phi) is 8.28. The second-order valence-electron chi connectivity index (χ2n) is 6.22. The molecule has 0 saturated carbocycles. The minimum Gasteiger partial charge on any atom is -0.493 e. The number of thiocarbonyl (C=S) groups is 2. The number of rotatable bonds is 6. The quantitative estimate of drug-likeness (QED) is 0.421. The highest BCUT2D eigenvalue weighted by atomic mass is 32.1. The molecule has 28 heavy (non-hydrogen) atoms. The number of nitrogens with one attached hydrogen (secondary N) is 4. The number of hydrogen-bond donors (Lipinski definition) is 4. The maximum atomic E-state index is 5.32. The lowest BCUT2D eigenvalue weighted by Crippen LogP contribution is -2.48. The average molecular weight is 419 g/mol. The highest BCUT2D eigenvalue weighted by molar-refractivity contribution is 7.80. The van der Waals surface area contributed by atoms with Crippen LogP contribution in [0.4, 0.5) is 5.69 Å². The first-order valence-corrected chi connectivity index (χ1v) is 9.63. The molecular formula is C20H26N4O2S2. The van der Waals surface area contributed by atoms with E-state index in [0.717, 1.165) is 23.2 Å². The van der Waals surface area contributed by atoms with Crippen LogP contribution in [0, 0.1) is 13.8 Å². The minimum absolute atomic E-state index is 0.441. The van der Waals surface area contributed by atoms with Crippen molar-refractivity contribution in [1.29, 1.82) is 0 Å². The Morgan fingerprint density at radius 1 is 0.893 bits per heavy atom. The van der Waals surface area contributed by atoms with E-state index in [1.807, 2.05) is 37.3 Å². The molecule has 2 aromatic carbocycles. The fourth-order valence-corrected chi connectivity index (χ4v) is 2.94. The van der Waals surface area contributed by atoms with E-state index < -0.39 is 0 Å². The molecule has 0 fully saturated rings. The van der Waals surface area contributed by atoms with E-state index in [-0.39, 0.29) is 0 Å². The first kappa shape index (κ1) is 21.7.